The summed E-state index contributed by atoms with van der Waals surface area (Å²) >= 11 is 13.3. The maximum atomic E-state index is 12.2. The number of halogens is 2. The molecule has 1 aromatic heterocycles. The lowest BCUT2D eigenvalue weighted by Gasteiger charge is -2.32. The van der Waals surface area contributed by atoms with Crippen molar-refractivity contribution in [3.8, 4) is 11.3 Å². The number of urea groups is 1. The number of hydrogen-bond donors (Lipinski definition) is 1. The Kier molecular flexibility index (Phi) is 5.06. The molecule has 0 bridgehead atoms. The third-order valence-corrected chi connectivity index (χ3v) is 5.22. The van der Waals surface area contributed by atoms with Crippen LogP contribution in [0.3, 0.4) is 0 Å². The molecule has 1 saturated heterocycles. The van der Waals surface area contributed by atoms with Gasteiger partial charge in [-0.3, -0.25) is 5.32 Å². The minimum absolute atomic E-state index is 0.104. The largest absolute Gasteiger partial charge is 0.323 e. The first kappa shape index (κ1) is 16.5. The van der Waals surface area contributed by atoms with Crippen molar-refractivity contribution in [2.75, 3.05) is 38.5 Å². The van der Waals surface area contributed by atoms with Gasteiger partial charge >= 0.3 is 6.03 Å². The highest BCUT2D eigenvalue weighted by Gasteiger charge is 2.20. The highest BCUT2D eigenvalue weighted by atomic mass is 35.5. The van der Waals surface area contributed by atoms with Crippen LogP contribution in [0.15, 0.2) is 23.6 Å². The zero-order valence-electron chi connectivity index (χ0n) is 12.6. The number of benzene rings is 1. The van der Waals surface area contributed by atoms with Gasteiger partial charge in [0.05, 0.1) is 15.7 Å². The minimum Gasteiger partial charge on any atom is -0.322 e. The van der Waals surface area contributed by atoms with Crippen LogP contribution in [-0.2, 0) is 0 Å². The summed E-state index contributed by atoms with van der Waals surface area (Å²) in [5, 5.41) is 6.32. The summed E-state index contributed by atoms with van der Waals surface area (Å²) in [5.41, 5.74) is 1.64. The van der Waals surface area contributed by atoms with Crippen LogP contribution in [0.2, 0.25) is 10.0 Å². The Morgan fingerprint density at radius 1 is 1.22 bits per heavy atom. The molecule has 0 atom stereocenters. The quantitative estimate of drug-likeness (QED) is 0.871. The predicted molar refractivity (Wildman–Crippen MR) is 95.7 cm³/mol. The van der Waals surface area contributed by atoms with Crippen molar-refractivity contribution in [2.45, 2.75) is 0 Å². The van der Waals surface area contributed by atoms with E-state index in [1.54, 1.807) is 17.0 Å². The van der Waals surface area contributed by atoms with Crippen LogP contribution in [0.5, 0.6) is 0 Å². The van der Waals surface area contributed by atoms with Crippen molar-refractivity contribution >= 4 is 45.7 Å². The Hall–Kier alpha value is -1.34. The third-order valence-electron chi connectivity index (χ3n) is 3.72. The van der Waals surface area contributed by atoms with Crippen LogP contribution in [0.1, 0.15) is 0 Å². The molecule has 2 aromatic rings. The van der Waals surface area contributed by atoms with Gasteiger partial charge < -0.3 is 9.80 Å². The number of hydrogen-bond acceptors (Lipinski definition) is 4. The smallest absolute Gasteiger partial charge is 0.322 e. The maximum absolute atomic E-state index is 12.2. The Morgan fingerprint density at radius 3 is 2.65 bits per heavy atom. The van der Waals surface area contributed by atoms with Gasteiger partial charge in [-0.1, -0.05) is 29.3 Å². The first-order valence-corrected chi connectivity index (χ1v) is 8.82. The maximum Gasteiger partial charge on any atom is 0.323 e. The average molecular weight is 371 g/mol. The van der Waals surface area contributed by atoms with Gasteiger partial charge in [-0.2, -0.15) is 0 Å². The number of carbonyl (C=O) groups is 1. The molecule has 3 rings (SSSR count). The van der Waals surface area contributed by atoms with Crippen molar-refractivity contribution in [3.05, 3.63) is 33.6 Å². The fourth-order valence-electron chi connectivity index (χ4n) is 2.30. The summed E-state index contributed by atoms with van der Waals surface area (Å²) in [6.45, 7) is 3.24. The number of carbonyl (C=O) groups excluding carboxylic acids is 1. The summed E-state index contributed by atoms with van der Waals surface area (Å²) in [4.78, 5) is 20.7. The second-order valence-corrected chi connectivity index (χ2v) is 7.06. The molecule has 1 N–H and O–H groups in total. The van der Waals surface area contributed by atoms with E-state index in [0.29, 0.717) is 15.2 Å². The Morgan fingerprint density at radius 2 is 1.96 bits per heavy atom. The molecule has 5 nitrogen and oxygen atoms in total. The predicted octanol–water partition coefficient (Wildman–Crippen LogP) is 3.90. The van der Waals surface area contributed by atoms with E-state index in [2.05, 4.69) is 22.2 Å². The number of aromatic nitrogens is 1. The van der Waals surface area contributed by atoms with Crippen LogP contribution in [0.25, 0.3) is 11.3 Å². The van der Waals surface area contributed by atoms with E-state index in [1.807, 2.05) is 11.4 Å². The van der Waals surface area contributed by atoms with Crippen LogP contribution in [0.4, 0.5) is 9.93 Å². The monoisotopic (exact) mass is 370 g/mol. The van der Waals surface area contributed by atoms with E-state index in [9.17, 15) is 4.79 Å². The molecule has 1 fully saturated rings. The van der Waals surface area contributed by atoms with Crippen molar-refractivity contribution in [1.82, 2.24) is 14.8 Å². The lowest BCUT2D eigenvalue weighted by molar-refractivity contribution is 0.164. The summed E-state index contributed by atoms with van der Waals surface area (Å²) in [5.74, 6) is 0. The molecule has 0 spiro atoms. The Balaban J connectivity index is 1.67. The molecule has 8 heteroatoms. The fourth-order valence-corrected chi connectivity index (χ4v) is 3.31. The third kappa shape index (κ3) is 3.95. The van der Waals surface area contributed by atoms with E-state index in [-0.39, 0.29) is 6.03 Å². The lowest BCUT2D eigenvalue weighted by Crippen LogP contribution is -2.48. The highest BCUT2D eigenvalue weighted by molar-refractivity contribution is 7.14. The van der Waals surface area contributed by atoms with E-state index in [0.717, 1.165) is 37.4 Å². The number of rotatable bonds is 2. The van der Waals surface area contributed by atoms with Crippen LogP contribution < -0.4 is 5.32 Å². The Bertz CT molecular complexity index is 713. The van der Waals surface area contributed by atoms with Gasteiger partial charge in [0, 0.05) is 37.1 Å². The molecular formula is C15H16Cl2N4OS. The molecule has 1 aliphatic heterocycles. The molecule has 1 aromatic carbocycles. The molecule has 0 aliphatic carbocycles. The second-order valence-electron chi connectivity index (χ2n) is 5.39. The SMILES string of the molecule is CN1CCN(C(=O)Nc2nc(-c3ccc(Cl)c(Cl)c3)cs2)CC1. The first-order valence-electron chi connectivity index (χ1n) is 7.18. The minimum atomic E-state index is -0.104. The number of likely N-dealkylation sites (N-methyl/N-ethyl adjacent to an activating group) is 1. The number of anilines is 1. The van der Waals surface area contributed by atoms with Crippen molar-refractivity contribution in [3.63, 3.8) is 0 Å². The Labute approximate surface area is 148 Å². The molecule has 2 amide bonds. The van der Waals surface area contributed by atoms with Gasteiger partial charge in [0.25, 0.3) is 0 Å². The van der Waals surface area contributed by atoms with Crippen molar-refractivity contribution in [2.24, 2.45) is 0 Å². The summed E-state index contributed by atoms with van der Waals surface area (Å²) in [6, 6.07) is 5.26. The standard InChI is InChI=1S/C15H16Cl2N4OS/c1-20-4-6-21(7-5-20)15(22)19-14-18-13(9-23-14)10-2-3-11(16)12(17)8-10/h2-3,8-9H,4-7H2,1H3,(H,18,19,22). The van der Waals surface area contributed by atoms with Crippen LogP contribution in [-0.4, -0.2) is 54.0 Å². The normalized spacial score (nSPS) is 15.7. The van der Waals surface area contributed by atoms with E-state index >= 15 is 0 Å². The van der Waals surface area contributed by atoms with Gasteiger partial charge in [-0.25, -0.2) is 9.78 Å². The van der Waals surface area contributed by atoms with Gasteiger partial charge in [0.2, 0.25) is 0 Å². The highest BCUT2D eigenvalue weighted by Crippen LogP contribution is 2.30. The molecule has 122 valence electrons. The number of nitrogens with one attached hydrogen (secondary N) is 1. The molecule has 2 heterocycles. The zero-order chi connectivity index (χ0) is 16.4. The molecule has 0 saturated carbocycles. The second kappa shape index (κ2) is 7.05. The lowest BCUT2D eigenvalue weighted by atomic mass is 10.2. The molecule has 1 aliphatic rings. The van der Waals surface area contributed by atoms with Gasteiger partial charge in [0.1, 0.15) is 0 Å². The average Bonchev–Trinajstić information content (AvgIpc) is 2.99. The van der Waals surface area contributed by atoms with Crippen molar-refractivity contribution < 1.29 is 4.79 Å². The number of nitrogens with zero attached hydrogens (tertiary/aromatic N) is 3. The molecule has 23 heavy (non-hydrogen) atoms. The van der Waals surface area contributed by atoms with E-state index < -0.39 is 0 Å². The van der Waals surface area contributed by atoms with E-state index in [1.165, 1.54) is 11.3 Å². The summed E-state index contributed by atoms with van der Waals surface area (Å²) < 4.78 is 0. The van der Waals surface area contributed by atoms with Gasteiger partial charge in [0.15, 0.2) is 5.13 Å². The summed E-state index contributed by atoms with van der Waals surface area (Å²) in [6.07, 6.45) is 0. The van der Waals surface area contributed by atoms with Gasteiger partial charge in [-0.05, 0) is 19.2 Å². The van der Waals surface area contributed by atoms with Gasteiger partial charge in [-0.15, -0.1) is 11.3 Å². The molecule has 0 unspecified atom stereocenters. The molecular weight excluding hydrogens is 355 g/mol. The summed E-state index contributed by atoms with van der Waals surface area (Å²) in [7, 11) is 2.06. The van der Waals surface area contributed by atoms with Crippen LogP contribution >= 0.6 is 34.5 Å². The van der Waals surface area contributed by atoms with E-state index in [4.69, 9.17) is 23.2 Å². The topological polar surface area (TPSA) is 48.5 Å². The molecule has 0 radical (unpaired) electrons. The zero-order valence-corrected chi connectivity index (χ0v) is 14.9. The fraction of sp³-hybridized carbons (Fsp3) is 0.333. The number of piperazine rings is 1. The van der Waals surface area contributed by atoms with Crippen LogP contribution in [0, 0.1) is 0 Å². The number of thiazole rings is 1. The first-order chi connectivity index (χ1) is 11.0. The number of amides is 2. The van der Waals surface area contributed by atoms with Crippen molar-refractivity contribution in [1.29, 1.82) is 0 Å².